The van der Waals surface area contributed by atoms with Crippen molar-refractivity contribution in [3.05, 3.63) is 53.3 Å². The van der Waals surface area contributed by atoms with Crippen molar-refractivity contribution in [1.82, 2.24) is 0 Å². The maximum Gasteiger partial charge on any atom is 0.312 e. The maximum atomic E-state index is 13.9. The molecule has 0 radical (unpaired) electrons. The number of aromatic hydroxyl groups is 3. The Morgan fingerprint density at radius 2 is 1.60 bits per heavy atom. The highest BCUT2D eigenvalue weighted by molar-refractivity contribution is 6.21. The van der Waals surface area contributed by atoms with E-state index in [1.807, 2.05) is 0 Å². The summed E-state index contributed by atoms with van der Waals surface area (Å²) in [5, 5.41) is 58.2. The van der Waals surface area contributed by atoms with E-state index in [1.165, 1.54) is 53.2 Å². The van der Waals surface area contributed by atoms with E-state index >= 15 is 0 Å². The maximum absolute atomic E-state index is 13.9. The monoisotopic (exact) mass is 697 g/mol. The first kappa shape index (κ1) is 38.2. The fourth-order valence-electron chi connectivity index (χ4n) is 6.65. The van der Waals surface area contributed by atoms with Gasteiger partial charge in [-0.3, -0.25) is 14.4 Å². The van der Waals surface area contributed by atoms with Crippen LogP contribution >= 0.6 is 0 Å². The third-order valence-electron chi connectivity index (χ3n) is 9.84. The van der Waals surface area contributed by atoms with Crippen LogP contribution in [0.2, 0.25) is 0 Å². The summed E-state index contributed by atoms with van der Waals surface area (Å²) in [6.07, 6.45) is 3.62. The Bertz CT molecular complexity index is 1760. The van der Waals surface area contributed by atoms with Gasteiger partial charge in [-0.05, 0) is 19.9 Å². The number of aliphatic hydroxyl groups is 2. The van der Waals surface area contributed by atoms with E-state index in [0.717, 1.165) is 6.07 Å². The molecule has 5 bridgehead atoms. The summed E-state index contributed by atoms with van der Waals surface area (Å²) in [6, 6.07) is 1.06. The lowest BCUT2D eigenvalue weighted by atomic mass is 9.78. The number of carbonyl (C=O) groups excluding carboxylic acids is 3. The van der Waals surface area contributed by atoms with Crippen molar-refractivity contribution in [3.63, 3.8) is 0 Å². The summed E-state index contributed by atoms with van der Waals surface area (Å²) < 4.78 is 23.2. The van der Waals surface area contributed by atoms with E-state index in [9.17, 15) is 39.9 Å². The number of hydrogen-bond acceptors (Lipinski definition) is 12. The van der Waals surface area contributed by atoms with Crippen molar-refractivity contribution in [2.24, 2.45) is 23.7 Å². The van der Waals surface area contributed by atoms with E-state index in [2.05, 4.69) is 5.32 Å². The van der Waals surface area contributed by atoms with Gasteiger partial charge in [-0.15, -0.1) is 0 Å². The molecule has 3 aliphatic rings. The fourth-order valence-corrected chi connectivity index (χ4v) is 6.65. The lowest BCUT2D eigenvalue weighted by Crippen LogP contribution is -2.46. The molecule has 50 heavy (non-hydrogen) atoms. The first-order valence-corrected chi connectivity index (χ1v) is 16.4. The topological polar surface area (TPSA) is 201 Å². The second kappa shape index (κ2) is 14.7. The minimum Gasteiger partial charge on any atom is -0.507 e. The number of methoxy groups -OCH3 is 1. The van der Waals surface area contributed by atoms with Crippen LogP contribution in [0.3, 0.4) is 0 Å². The molecule has 13 nitrogen and oxygen atoms in total. The van der Waals surface area contributed by atoms with E-state index in [4.69, 9.17) is 18.9 Å². The molecule has 2 aromatic carbocycles. The Morgan fingerprint density at radius 3 is 2.22 bits per heavy atom. The van der Waals surface area contributed by atoms with Crippen LogP contribution in [0.25, 0.3) is 10.8 Å². The first-order chi connectivity index (χ1) is 23.4. The summed E-state index contributed by atoms with van der Waals surface area (Å²) >= 11 is 0. The number of amides is 1. The number of nitrogens with one attached hydrogen (secondary N) is 1. The third-order valence-corrected chi connectivity index (χ3v) is 9.84. The minimum atomic E-state index is -1.98. The average Bonchev–Trinajstić information content (AvgIpc) is 3.33. The van der Waals surface area contributed by atoms with Gasteiger partial charge in [-0.2, -0.15) is 0 Å². The highest BCUT2D eigenvalue weighted by Crippen LogP contribution is 2.53. The number of esters is 1. The Morgan fingerprint density at radius 1 is 0.940 bits per heavy atom. The van der Waals surface area contributed by atoms with Gasteiger partial charge in [0, 0.05) is 67.2 Å². The SMILES string of the molecule is CO[C@@H]1C=CO[C@@]2(C)Oc3c(C)c(O)c4c(O)c(cc(O)c4c3C2=O)NC(=O)C(C)=CC=C[C@H](C)[C@H](O)[C@H](C)[C@H](O)[C@H](C)[C@H](OC(C)=O)[C@@H]1C. The summed E-state index contributed by atoms with van der Waals surface area (Å²) in [4.78, 5) is 39.2. The molecule has 0 saturated carbocycles. The molecule has 2 aromatic rings. The van der Waals surface area contributed by atoms with Crippen molar-refractivity contribution in [2.45, 2.75) is 85.6 Å². The van der Waals surface area contributed by atoms with Crippen LogP contribution in [0.5, 0.6) is 23.0 Å². The molecule has 13 heteroatoms. The average molecular weight is 698 g/mol. The second-order valence-electron chi connectivity index (χ2n) is 13.4. The van der Waals surface area contributed by atoms with E-state index in [0.29, 0.717) is 0 Å². The molecule has 0 aromatic heterocycles. The van der Waals surface area contributed by atoms with E-state index in [-0.39, 0.29) is 38.9 Å². The predicted octanol–water partition coefficient (Wildman–Crippen LogP) is 4.75. The lowest BCUT2D eigenvalue weighted by molar-refractivity contribution is -0.160. The quantitative estimate of drug-likeness (QED) is 0.143. The van der Waals surface area contributed by atoms with Gasteiger partial charge < -0.3 is 49.8 Å². The molecular formula is C37H47NO12. The number of anilines is 1. The number of ether oxygens (including phenoxy) is 4. The van der Waals surface area contributed by atoms with Crippen molar-refractivity contribution < 1.29 is 58.9 Å². The van der Waals surface area contributed by atoms with Crippen molar-refractivity contribution in [2.75, 3.05) is 12.4 Å². The van der Waals surface area contributed by atoms with Crippen LogP contribution in [-0.2, 0) is 23.8 Å². The Kier molecular flexibility index (Phi) is 11.2. The normalized spacial score (nSPS) is 30.9. The predicted molar refractivity (Wildman–Crippen MR) is 184 cm³/mol. The van der Waals surface area contributed by atoms with Crippen LogP contribution in [0.4, 0.5) is 5.69 Å². The molecule has 272 valence electrons. The van der Waals surface area contributed by atoms with Crippen molar-refractivity contribution in [1.29, 1.82) is 0 Å². The third kappa shape index (κ3) is 7.03. The van der Waals surface area contributed by atoms with Gasteiger partial charge in [-0.1, -0.05) is 45.9 Å². The summed E-state index contributed by atoms with van der Waals surface area (Å²) in [5.41, 5.74) is -0.0929. The highest BCUT2D eigenvalue weighted by Gasteiger charge is 2.49. The van der Waals surface area contributed by atoms with Gasteiger partial charge in [0.1, 0.15) is 23.4 Å². The molecule has 3 aliphatic heterocycles. The molecular weight excluding hydrogens is 650 g/mol. The minimum absolute atomic E-state index is 0.0709. The molecule has 6 N–H and O–H groups in total. The molecule has 3 heterocycles. The highest BCUT2D eigenvalue weighted by atomic mass is 16.7. The zero-order chi connectivity index (χ0) is 37.4. The van der Waals surface area contributed by atoms with E-state index in [1.54, 1.807) is 39.8 Å². The number of phenolic OH excluding ortho intramolecular Hbond substituents is 3. The number of hydrogen-bond donors (Lipinski definition) is 6. The Balaban J connectivity index is 1.87. The zero-order valence-corrected chi connectivity index (χ0v) is 29.7. The number of allylic oxidation sites excluding steroid dienone is 2. The Hall–Kier alpha value is -4.59. The van der Waals surface area contributed by atoms with Crippen LogP contribution in [0.15, 0.2) is 42.2 Å². The number of phenols is 3. The standard InChI is InChI=1S/C37H47NO12/c1-16-11-10-12-17(2)36(46)38-23-15-24(40)26-27(32(23)44)31(43)21(6)34-28(26)35(45)37(8,50-34)48-14-13-25(47-9)18(3)33(49-22(7)39)20(5)30(42)19(4)29(16)41/h10-16,18-20,25,29-30,33,40-44H,1-9H3,(H,38,46)/t16-,18+,19-,20-,25+,29-,30-,33+,37-/m0/s1. The van der Waals surface area contributed by atoms with Gasteiger partial charge in [0.25, 0.3) is 11.7 Å². The molecule has 0 saturated heterocycles. The second-order valence-corrected chi connectivity index (χ2v) is 13.4. The van der Waals surface area contributed by atoms with Crippen LogP contribution in [-0.4, -0.2) is 80.5 Å². The number of Topliss-reactive ketones (excluding diaryl/α,β-unsaturated/α-hetero) is 1. The number of benzene rings is 2. The smallest absolute Gasteiger partial charge is 0.312 e. The van der Waals surface area contributed by atoms with Gasteiger partial charge >= 0.3 is 11.8 Å². The van der Waals surface area contributed by atoms with Crippen LogP contribution < -0.4 is 10.1 Å². The van der Waals surface area contributed by atoms with Gasteiger partial charge in [0.05, 0.1) is 41.2 Å². The number of fused-ring (bicyclic) bond motifs is 14. The molecule has 0 unspecified atom stereocenters. The molecule has 9 atom stereocenters. The number of aliphatic hydroxyl groups excluding tert-OH is 2. The number of rotatable bonds is 2. The zero-order valence-electron chi connectivity index (χ0n) is 29.7. The van der Waals surface area contributed by atoms with Crippen LogP contribution in [0, 0.1) is 30.6 Å². The van der Waals surface area contributed by atoms with E-state index < -0.39 is 88.8 Å². The lowest BCUT2D eigenvalue weighted by Gasteiger charge is -2.38. The molecule has 0 aliphatic carbocycles. The van der Waals surface area contributed by atoms with Gasteiger partial charge in [0.15, 0.2) is 5.75 Å². The summed E-state index contributed by atoms with van der Waals surface area (Å²) in [6.45, 7) is 12.5. The Labute approximate surface area is 290 Å². The first-order valence-electron chi connectivity index (χ1n) is 16.4. The molecule has 0 spiro atoms. The molecule has 0 fully saturated rings. The summed E-state index contributed by atoms with van der Waals surface area (Å²) in [7, 11) is 1.43. The van der Waals surface area contributed by atoms with Gasteiger partial charge in [-0.25, -0.2) is 0 Å². The molecule has 1 amide bonds. The fraction of sp³-hybridized carbons (Fsp3) is 0.486. The van der Waals surface area contributed by atoms with Crippen molar-refractivity contribution >= 4 is 34.1 Å². The van der Waals surface area contributed by atoms with Crippen LogP contribution in [0.1, 0.15) is 64.4 Å². The summed E-state index contributed by atoms with van der Waals surface area (Å²) in [5.74, 6) is -7.99. The number of ketones is 1. The number of carbonyl (C=O) groups is 3. The largest absolute Gasteiger partial charge is 0.507 e. The van der Waals surface area contributed by atoms with Gasteiger partial charge in [0.2, 0.25) is 0 Å². The van der Waals surface area contributed by atoms with Crippen molar-refractivity contribution in [3.8, 4) is 23.0 Å². The molecule has 5 rings (SSSR count).